The minimum atomic E-state index is -0.257. The minimum absolute atomic E-state index is 0.143. The summed E-state index contributed by atoms with van der Waals surface area (Å²) in [5.41, 5.74) is 5.87. The number of anilines is 2. The first kappa shape index (κ1) is 25.1. The molecule has 1 fully saturated rings. The van der Waals surface area contributed by atoms with Crippen molar-refractivity contribution >= 4 is 22.4 Å². The van der Waals surface area contributed by atoms with E-state index in [1.807, 2.05) is 12.3 Å². The molecule has 3 aliphatic rings. The van der Waals surface area contributed by atoms with E-state index in [0.29, 0.717) is 37.3 Å². The molecule has 8 nitrogen and oxygen atoms in total. The largest absolute Gasteiger partial charge is 0.462 e. The lowest BCUT2D eigenvalue weighted by Gasteiger charge is -2.39. The summed E-state index contributed by atoms with van der Waals surface area (Å²) in [5, 5.41) is 1.12. The zero-order chi connectivity index (χ0) is 27.2. The quantitative estimate of drug-likeness (QED) is 0.366. The van der Waals surface area contributed by atoms with Crippen molar-refractivity contribution in [2.45, 2.75) is 57.8 Å². The molecule has 206 valence electrons. The van der Waals surface area contributed by atoms with Crippen LogP contribution >= 0.6 is 0 Å². The molecule has 0 unspecified atom stereocenters. The van der Waals surface area contributed by atoms with Gasteiger partial charge in [-0.15, -0.1) is 0 Å². The van der Waals surface area contributed by atoms with Crippen LogP contribution in [0.2, 0.25) is 0 Å². The Kier molecular flexibility index (Phi) is 6.46. The van der Waals surface area contributed by atoms with Gasteiger partial charge in [-0.05, 0) is 63.9 Å². The van der Waals surface area contributed by atoms with Crippen LogP contribution in [0.1, 0.15) is 42.1 Å². The van der Waals surface area contributed by atoms with Crippen LogP contribution in [-0.4, -0.2) is 63.7 Å². The summed E-state index contributed by atoms with van der Waals surface area (Å²) < 4.78 is 21.1. The summed E-state index contributed by atoms with van der Waals surface area (Å²) in [6.45, 7) is 5.73. The van der Waals surface area contributed by atoms with E-state index < -0.39 is 0 Å². The lowest BCUT2D eigenvalue weighted by molar-refractivity contribution is 0.187. The Morgan fingerprint density at radius 2 is 1.95 bits per heavy atom. The van der Waals surface area contributed by atoms with E-state index >= 15 is 0 Å². The Morgan fingerprint density at radius 3 is 2.83 bits per heavy atom. The van der Waals surface area contributed by atoms with Gasteiger partial charge in [-0.1, -0.05) is 18.2 Å². The van der Waals surface area contributed by atoms with Crippen molar-refractivity contribution in [1.82, 2.24) is 24.8 Å². The third-order valence-electron chi connectivity index (χ3n) is 8.79. The molecule has 3 aromatic heterocycles. The summed E-state index contributed by atoms with van der Waals surface area (Å²) >= 11 is 0. The molecular formula is C31H34FN7O. The molecule has 0 radical (unpaired) electrons. The number of aromatic nitrogens is 4. The number of pyridine rings is 2. The Hall–Kier alpha value is -3.85. The highest BCUT2D eigenvalue weighted by atomic mass is 19.1. The van der Waals surface area contributed by atoms with E-state index in [9.17, 15) is 4.39 Å². The fourth-order valence-corrected chi connectivity index (χ4v) is 6.49. The highest BCUT2D eigenvalue weighted by Crippen LogP contribution is 2.36. The maximum Gasteiger partial charge on any atom is 0.318 e. The lowest BCUT2D eigenvalue weighted by atomic mass is 9.95. The molecule has 3 aliphatic heterocycles. The van der Waals surface area contributed by atoms with E-state index in [4.69, 9.17) is 14.7 Å². The van der Waals surface area contributed by atoms with Crippen molar-refractivity contribution in [2.75, 3.05) is 36.5 Å². The van der Waals surface area contributed by atoms with Crippen molar-refractivity contribution in [3.05, 3.63) is 77.1 Å². The van der Waals surface area contributed by atoms with Gasteiger partial charge in [-0.25, -0.2) is 4.39 Å². The standard InChI is InChI=1S/C31H34FN7O/c1-20-14-22-15-33-16-26(32)25(22)17-39(20)30-24-10-13-38(28-9-3-6-21-7-4-11-34-29(21)28)18-27(24)35-31(36-30)40-19-23-8-5-12-37(23)2/h3-4,6-7,9,11,15-16,20,23H,5,8,10,12-14,17-19H2,1-2H3/t20-,23-/m0/s1. The Labute approximate surface area is 233 Å². The number of likely N-dealkylation sites (tertiary alicyclic amines) is 1. The second-order valence-electron chi connectivity index (χ2n) is 11.3. The molecule has 0 spiro atoms. The predicted molar refractivity (Wildman–Crippen MR) is 153 cm³/mol. The number of likely N-dealkylation sites (N-methyl/N-ethyl adjacent to an activating group) is 1. The monoisotopic (exact) mass is 539 g/mol. The summed E-state index contributed by atoms with van der Waals surface area (Å²) in [5.74, 6) is 0.609. The van der Waals surface area contributed by atoms with Crippen LogP contribution in [-0.2, 0) is 25.9 Å². The number of para-hydroxylation sites is 1. The van der Waals surface area contributed by atoms with E-state index in [1.165, 1.54) is 12.6 Å². The number of ether oxygens (including phenoxy) is 1. The Balaban J connectivity index is 1.26. The fourth-order valence-electron chi connectivity index (χ4n) is 6.49. The Morgan fingerprint density at radius 1 is 1.05 bits per heavy atom. The van der Waals surface area contributed by atoms with Crippen LogP contribution < -0.4 is 14.5 Å². The van der Waals surface area contributed by atoms with Crippen molar-refractivity contribution in [3.63, 3.8) is 0 Å². The highest BCUT2D eigenvalue weighted by molar-refractivity contribution is 5.90. The molecule has 4 aromatic rings. The van der Waals surface area contributed by atoms with Crippen LogP contribution in [0.25, 0.3) is 10.9 Å². The highest BCUT2D eigenvalue weighted by Gasteiger charge is 2.32. The smallest absolute Gasteiger partial charge is 0.318 e. The first-order chi connectivity index (χ1) is 19.5. The van der Waals surface area contributed by atoms with Gasteiger partial charge >= 0.3 is 6.01 Å². The van der Waals surface area contributed by atoms with Gasteiger partial charge in [0, 0.05) is 54.1 Å². The van der Waals surface area contributed by atoms with Crippen LogP contribution in [0, 0.1) is 5.82 Å². The van der Waals surface area contributed by atoms with Crippen molar-refractivity contribution in [2.24, 2.45) is 0 Å². The first-order valence-electron chi connectivity index (χ1n) is 14.2. The number of benzene rings is 1. The zero-order valence-electron chi connectivity index (χ0n) is 23.1. The van der Waals surface area contributed by atoms with E-state index in [0.717, 1.165) is 71.6 Å². The van der Waals surface area contributed by atoms with Crippen LogP contribution in [0.15, 0.2) is 48.9 Å². The predicted octanol–water partition coefficient (Wildman–Crippen LogP) is 4.55. The van der Waals surface area contributed by atoms with Gasteiger partial charge in [0.1, 0.15) is 18.2 Å². The molecule has 6 heterocycles. The zero-order valence-corrected chi connectivity index (χ0v) is 23.1. The topological polar surface area (TPSA) is 70.5 Å². The molecule has 1 saturated heterocycles. The summed E-state index contributed by atoms with van der Waals surface area (Å²) in [6.07, 6.45) is 8.75. The first-order valence-corrected chi connectivity index (χ1v) is 14.2. The summed E-state index contributed by atoms with van der Waals surface area (Å²) in [6, 6.07) is 11.3. The third kappa shape index (κ3) is 4.52. The van der Waals surface area contributed by atoms with Gasteiger partial charge in [0.25, 0.3) is 0 Å². The third-order valence-corrected chi connectivity index (χ3v) is 8.79. The van der Waals surface area contributed by atoms with Crippen molar-refractivity contribution in [3.8, 4) is 6.01 Å². The van der Waals surface area contributed by atoms with Crippen LogP contribution in [0.3, 0.4) is 0 Å². The average Bonchev–Trinajstić information content (AvgIpc) is 3.39. The number of nitrogens with zero attached hydrogens (tertiary/aromatic N) is 7. The molecule has 0 N–H and O–H groups in total. The second kappa shape index (κ2) is 10.3. The van der Waals surface area contributed by atoms with Gasteiger partial charge in [0.05, 0.1) is 29.6 Å². The van der Waals surface area contributed by atoms with Crippen LogP contribution in [0.4, 0.5) is 15.9 Å². The molecule has 1 aromatic carbocycles. The van der Waals surface area contributed by atoms with E-state index in [2.05, 4.69) is 62.9 Å². The summed E-state index contributed by atoms with van der Waals surface area (Å²) in [7, 11) is 2.15. The normalized spacial score (nSPS) is 21.0. The number of fused-ring (bicyclic) bond motifs is 3. The maximum atomic E-state index is 14.8. The maximum absolute atomic E-state index is 14.8. The molecule has 0 amide bonds. The average molecular weight is 540 g/mol. The van der Waals surface area contributed by atoms with Gasteiger partial charge in [-0.2, -0.15) is 9.97 Å². The minimum Gasteiger partial charge on any atom is -0.462 e. The molecule has 0 saturated carbocycles. The molecule has 2 atom stereocenters. The summed E-state index contributed by atoms with van der Waals surface area (Å²) in [4.78, 5) is 25.7. The van der Waals surface area contributed by atoms with Crippen LogP contribution in [0.5, 0.6) is 6.01 Å². The van der Waals surface area contributed by atoms with Crippen molar-refractivity contribution in [1.29, 1.82) is 0 Å². The fraction of sp³-hybridized carbons (Fsp3) is 0.419. The number of hydrogen-bond donors (Lipinski definition) is 0. The van der Waals surface area contributed by atoms with E-state index in [1.54, 1.807) is 6.20 Å². The van der Waals surface area contributed by atoms with Gasteiger partial charge < -0.3 is 19.4 Å². The molecule has 40 heavy (non-hydrogen) atoms. The van der Waals surface area contributed by atoms with Gasteiger partial charge in [0.2, 0.25) is 0 Å². The molecule has 0 bridgehead atoms. The number of rotatable bonds is 5. The second-order valence-corrected chi connectivity index (χ2v) is 11.3. The molecular weight excluding hydrogens is 505 g/mol. The Bertz CT molecular complexity index is 1560. The van der Waals surface area contributed by atoms with E-state index in [-0.39, 0.29) is 11.9 Å². The number of halogens is 1. The molecule has 7 rings (SSSR count). The SMILES string of the molecule is C[C@H]1Cc2cncc(F)c2CN1c1nc(OC[C@@H]2CCCN2C)nc2c1CCN(c1cccc3cccnc13)C2. The molecule has 0 aliphatic carbocycles. The molecule has 9 heteroatoms. The number of hydrogen-bond acceptors (Lipinski definition) is 8. The van der Waals surface area contributed by atoms with Gasteiger partial charge in [-0.3, -0.25) is 9.97 Å². The van der Waals surface area contributed by atoms with Gasteiger partial charge in [0.15, 0.2) is 0 Å². The van der Waals surface area contributed by atoms with Crippen molar-refractivity contribution < 1.29 is 9.13 Å². The lowest BCUT2D eigenvalue weighted by Crippen LogP contribution is -2.41.